The molecule has 0 atom stereocenters. The van der Waals surface area contributed by atoms with Crippen molar-refractivity contribution in [1.82, 2.24) is 24.7 Å². The highest BCUT2D eigenvalue weighted by molar-refractivity contribution is 7.99. The number of carbonyl (C=O) groups is 1. The van der Waals surface area contributed by atoms with Crippen molar-refractivity contribution < 1.29 is 14.3 Å². The van der Waals surface area contributed by atoms with Crippen molar-refractivity contribution >= 4 is 23.3 Å². The Labute approximate surface area is 165 Å². The topological polar surface area (TPSA) is 81.8 Å². The molecule has 28 heavy (non-hydrogen) atoms. The third kappa shape index (κ3) is 3.26. The summed E-state index contributed by atoms with van der Waals surface area (Å²) in [5, 5.41) is 13.6. The number of amides is 1. The molecular formula is C19H19N5O3S. The van der Waals surface area contributed by atoms with Crippen LogP contribution >= 0.6 is 11.8 Å². The van der Waals surface area contributed by atoms with Gasteiger partial charge in [0.25, 0.3) is 0 Å². The van der Waals surface area contributed by atoms with E-state index < -0.39 is 0 Å². The summed E-state index contributed by atoms with van der Waals surface area (Å²) in [4.78, 5) is 14.4. The number of carbonyl (C=O) groups excluding carboxylic acids is 1. The fourth-order valence-electron chi connectivity index (χ4n) is 3.43. The highest BCUT2D eigenvalue weighted by Gasteiger charge is 2.19. The molecule has 2 aliphatic rings. The quantitative estimate of drug-likeness (QED) is 0.626. The van der Waals surface area contributed by atoms with E-state index in [0.29, 0.717) is 22.3 Å². The van der Waals surface area contributed by atoms with Crippen LogP contribution in [0, 0.1) is 0 Å². The first kappa shape index (κ1) is 17.3. The number of hydrogen-bond acceptors (Lipinski definition) is 7. The molecule has 5 rings (SSSR count). The molecular weight excluding hydrogens is 378 g/mol. The van der Waals surface area contributed by atoms with Crippen LogP contribution in [0.1, 0.15) is 19.3 Å². The van der Waals surface area contributed by atoms with Crippen LogP contribution < -0.4 is 9.47 Å². The molecule has 0 saturated carbocycles. The predicted octanol–water partition coefficient (Wildman–Crippen LogP) is 2.62. The number of ether oxygens (including phenoxy) is 2. The molecule has 9 heteroatoms. The van der Waals surface area contributed by atoms with Crippen molar-refractivity contribution in [2.45, 2.75) is 24.4 Å². The molecule has 0 N–H and O–H groups in total. The summed E-state index contributed by atoms with van der Waals surface area (Å²) in [6.45, 7) is 1.95. The van der Waals surface area contributed by atoms with E-state index in [1.807, 2.05) is 35.2 Å². The molecule has 1 amide bonds. The summed E-state index contributed by atoms with van der Waals surface area (Å²) >= 11 is 1.37. The van der Waals surface area contributed by atoms with Gasteiger partial charge < -0.3 is 14.4 Å². The highest BCUT2D eigenvalue weighted by Crippen LogP contribution is 2.35. The molecule has 1 fully saturated rings. The van der Waals surface area contributed by atoms with Gasteiger partial charge >= 0.3 is 0 Å². The number of benzene rings is 1. The van der Waals surface area contributed by atoms with Crippen molar-refractivity contribution in [1.29, 1.82) is 0 Å². The van der Waals surface area contributed by atoms with Crippen LogP contribution in [0.25, 0.3) is 16.9 Å². The Balaban J connectivity index is 1.37. The van der Waals surface area contributed by atoms with Crippen molar-refractivity contribution in [2.75, 3.05) is 25.6 Å². The van der Waals surface area contributed by atoms with E-state index in [-0.39, 0.29) is 12.7 Å². The molecule has 1 aromatic carbocycles. The van der Waals surface area contributed by atoms with Crippen LogP contribution in [0.2, 0.25) is 0 Å². The van der Waals surface area contributed by atoms with Gasteiger partial charge in [0, 0.05) is 18.7 Å². The SMILES string of the molecule is O=C(CSc1nnc2ccc(-c3ccc4c(c3)OCO4)nn12)N1CCCCC1. The number of nitrogens with zero attached hydrogens (tertiary/aromatic N) is 5. The largest absolute Gasteiger partial charge is 0.454 e. The average molecular weight is 397 g/mol. The van der Waals surface area contributed by atoms with Gasteiger partial charge in [0.05, 0.1) is 11.4 Å². The predicted molar refractivity (Wildman–Crippen MR) is 103 cm³/mol. The minimum Gasteiger partial charge on any atom is -0.454 e. The maximum absolute atomic E-state index is 12.4. The van der Waals surface area contributed by atoms with Crippen LogP contribution in [-0.4, -0.2) is 56.3 Å². The summed E-state index contributed by atoms with van der Waals surface area (Å²) in [5.74, 6) is 1.94. The van der Waals surface area contributed by atoms with Gasteiger partial charge in [-0.3, -0.25) is 4.79 Å². The zero-order valence-electron chi connectivity index (χ0n) is 15.2. The maximum Gasteiger partial charge on any atom is 0.233 e. The van der Waals surface area contributed by atoms with Crippen molar-refractivity contribution in [3.8, 4) is 22.8 Å². The van der Waals surface area contributed by atoms with Crippen molar-refractivity contribution in [3.63, 3.8) is 0 Å². The number of rotatable bonds is 4. The monoisotopic (exact) mass is 397 g/mol. The normalized spacial score (nSPS) is 15.9. The lowest BCUT2D eigenvalue weighted by Gasteiger charge is -2.26. The van der Waals surface area contributed by atoms with Crippen LogP contribution in [0.15, 0.2) is 35.5 Å². The van der Waals surface area contributed by atoms with E-state index in [1.54, 1.807) is 4.52 Å². The summed E-state index contributed by atoms with van der Waals surface area (Å²) in [5.41, 5.74) is 2.34. The molecule has 2 aromatic heterocycles. The zero-order chi connectivity index (χ0) is 18.9. The Bertz CT molecular complexity index is 1030. The second-order valence-corrected chi connectivity index (χ2v) is 7.71. The molecule has 0 bridgehead atoms. The molecule has 0 radical (unpaired) electrons. The summed E-state index contributed by atoms with van der Waals surface area (Å²) in [6.07, 6.45) is 3.38. The first-order valence-electron chi connectivity index (χ1n) is 9.31. The Morgan fingerprint density at radius 2 is 1.89 bits per heavy atom. The molecule has 3 aromatic rings. The summed E-state index contributed by atoms with van der Waals surface area (Å²) in [6, 6.07) is 9.50. The van der Waals surface area contributed by atoms with E-state index in [9.17, 15) is 4.79 Å². The van der Waals surface area contributed by atoms with Gasteiger partial charge in [-0.25, -0.2) is 0 Å². The van der Waals surface area contributed by atoms with E-state index >= 15 is 0 Å². The fraction of sp³-hybridized carbons (Fsp3) is 0.368. The van der Waals surface area contributed by atoms with Crippen molar-refractivity contribution in [2.24, 2.45) is 0 Å². The number of thioether (sulfide) groups is 1. The first-order chi connectivity index (χ1) is 13.8. The van der Waals surface area contributed by atoms with Gasteiger partial charge in [-0.15, -0.1) is 10.2 Å². The zero-order valence-corrected chi connectivity index (χ0v) is 16.0. The van der Waals surface area contributed by atoms with Gasteiger partial charge in [-0.2, -0.15) is 9.61 Å². The second-order valence-electron chi connectivity index (χ2n) is 6.77. The molecule has 144 valence electrons. The molecule has 0 unspecified atom stereocenters. The average Bonchev–Trinajstić information content (AvgIpc) is 3.38. The lowest BCUT2D eigenvalue weighted by atomic mass is 10.1. The van der Waals surface area contributed by atoms with Gasteiger partial charge in [0.15, 0.2) is 17.1 Å². The van der Waals surface area contributed by atoms with E-state index in [0.717, 1.165) is 42.9 Å². The summed E-state index contributed by atoms with van der Waals surface area (Å²) in [7, 11) is 0. The Hall–Kier alpha value is -2.81. The fourth-order valence-corrected chi connectivity index (χ4v) is 4.22. The van der Waals surface area contributed by atoms with E-state index in [4.69, 9.17) is 9.47 Å². The summed E-state index contributed by atoms with van der Waals surface area (Å²) < 4.78 is 12.5. The molecule has 1 saturated heterocycles. The molecule has 2 aliphatic heterocycles. The first-order valence-corrected chi connectivity index (χ1v) is 10.3. The minimum atomic E-state index is 0.147. The molecule has 0 spiro atoms. The number of fused-ring (bicyclic) bond motifs is 2. The lowest BCUT2D eigenvalue weighted by Crippen LogP contribution is -2.36. The van der Waals surface area contributed by atoms with Gasteiger partial charge in [0.2, 0.25) is 17.9 Å². The van der Waals surface area contributed by atoms with Crippen LogP contribution in [0.3, 0.4) is 0 Å². The Morgan fingerprint density at radius 3 is 2.79 bits per heavy atom. The maximum atomic E-state index is 12.4. The molecule has 8 nitrogen and oxygen atoms in total. The molecule has 0 aliphatic carbocycles. The van der Waals surface area contributed by atoms with E-state index in [2.05, 4.69) is 15.3 Å². The van der Waals surface area contributed by atoms with Crippen LogP contribution in [-0.2, 0) is 4.79 Å². The van der Waals surface area contributed by atoms with Gasteiger partial charge in [-0.05, 0) is 49.6 Å². The van der Waals surface area contributed by atoms with Crippen molar-refractivity contribution in [3.05, 3.63) is 30.3 Å². The number of hydrogen-bond donors (Lipinski definition) is 0. The second kappa shape index (κ2) is 7.31. The standard InChI is InChI=1S/C19H19N5O3S/c25-18(23-8-2-1-3-9-23)11-28-19-21-20-17-7-5-14(22-24(17)19)13-4-6-15-16(10-13)27-12-26-15/h4-7,10H,1-3,8-9,11-12H2. The lowest BCUT2D eigenvalue weighted by molar-refractivity contribution is -0.129. The van der Waals surface area contributed by atoms with Crippen LogP contribution in [0.4, 0.5) is 0 Å². The Morgan fingerprint density at radius 1 is 1.04 bits per heavy atom. The molecule has 4 heterocycles. The number of piperidine rings is 1. The third-order valence-electron chi connectivity index (χ3n) is 4.94. The number of likely N-dealkylation sites (tertiary alicyclic amines) is 1. The minimum absolute atomic E-state index is 0.147. The van der Waals surface area contributed by atoms with E-state index in [1.165, 1.54) is 18.2 Å². The highest BCUT2D eigenvalue weighted by atomic mass is 32.2. The van der Waals surface area contributed by atoms with Crippen LogP contribution in [0.5, 0.6) is 11.5 Å². The Kier molecular flexibility index (Phi) is 4.52. The number of aromatic nitrogens is 4. The van der Waals surface area contributed by atoms with Gasteiger partial charge in [-0.1, -0.05) is 11.8 Å². The van der Waals surface area contributed by atoms with Gasteiger partial charge in [0.1, 0.15) is 0 Å². The third-order valence-corrected chi connectivity index (χ3v) is 5.84. The smallest absolute Gasteiger partial charge is 0.233 e.